The Hall–Kier alpha value is -0.920. The molecule has 56 heavy (non-hydrogen) atoms. The van der Waals surface area contributed by atoms with E-state index in [-0.39, 0.29) is 0 Å². The van der Waals surface area contributed by atoms with E-state index in [1.54, 1.807) is 0 Å². The van der Waals surface area contributed by atoms with Crippen molar-refractivity contribution < 1.29 is 0 Å². The van der Waals surface area contributed by atoms with Crippen LogP contribution in [0, 0.1) is 105 Å². The quantitative estimate of drug-likeness (QED) is 0.237. The highest BCUT2D eigenvalue weighted by atomic mass is 14.9. The van der Waals surface area contributed by atoms with Gasteiger partial charge in [-0.2, -0.15) is 0 Å². The van der Waals surface area contributed by atoms with Gasteiger partial charge in [-0.3, -0.25) is 9.97 Å². The van der Waals surface area contributed by atoms with Crippen LogP contribution in [0.2, 0.25) is 0 Å². The second kappa shape index (κ2) is 14.9. The molecule has 8 aliphatic carbocycles. The third kappa shape index (κ3) is 6.48. The fourth-order valence-electron chi connectivity index (χ4n) is 18.7. The van der Waals surface area contributed by atoms with Gasteiger partial charge in [-0.15, -0.1) is 0 Å². The van der Waals surface area contributed by atoms with E-state index < -0.39 is 0 Å². The van der Waals surface area contributed by atoms with Crippen LogP contribution in [0.4, 0.5) is 0 Å². The van der Waals surface area contributed by atoms with Crippen LogP contribution in [0.15, 0.2) is 0 Å². The molecule has 8 unspecified atom stereocenters. The zero-order valence-electron chi connectivity index (χ0n) is 38.5. The van der Waals surface area contributed by atoms with E-state index in [4.69, 9.17) is 9.97 Å². The molecular formula is C54H88N2. The molecule has 6 fully saturated rings. The van der Waals surface area contributed by atoms with Crippen molar-refractivity contribution >= 4 is 0 Å². The average Bonchev–Trinajstić information content (AvgIpc) is 3.68. The van der Waals surface area contributed by atoms with Crippen LogP contribution in [-0.2, 0) is 25.7 Å². The molecule has 0 radical (unpaired) electrons. The molecule has 2 nitrogen and oxygen atoms in total. The first kappa shape index (κ1) is 40.5. The molecule has 0 amide bonds. The van der Waals surface area contributed by atoms with Crippen LogP contribution >= 0.6 is 0 Å². The van der Waals surface area contributed by atoms with E-state index in [0.29, 0.717) is 21.7 Å². The maximum absolute atomic E-state index is 5.78. The van der Waals surface area contributed by atoms with E-state index in [9.17, 15) is 0 Å². The second-order valence-electron chi connectivity index (χ2n) is 25.1. The van der Waals surface area contributed by atoms with Gasteiger partial charge in [0.25, 0.3) is 0 Å². The highest BCUT2D eigenvalue weighted by Crippen LogP contribution is 2.70. The molecule has 1 aromatic heterocycles. The van der Waals surface area contributed by atoms with Crippen molar-refractivity contribution in [1.82, 2.24) is 9.97 Å². The summed E-state index contributed by atoms with van der Waals surface area (Å²) in [6.07, 6.45) is 31.3. The monoisotopic (exact) mass is 765 g/mol. The molecule has 16 atom stereocenters. The molecule has 8 aliphatic rings. The van der Waals surface area contributed by atoms with Gasteiger partial charge >= 0.3 is 0 Å². The van der Waals surface area contributed by atoms with Crippen molar-refractivity contribution in [2.45, 2.75) is 210 Å². The van der Waals surface area contributed by atoms with Crippen LogP contribution in [0.5, 0.6) is 0 Å². The highest BCUT2D eigenvalue weighted by Gasteiger charge is 2.63. The molecule has 0 aromatic carbocycles. The Bertz CT molecular complexity index is 1460. The fourth-order valence-corrected chi connectivity index (χ4v) is 18.7. The topological polar surface area (TPSA) is 25.8 Å². The van der Waals surface area contributed by atoms with Crippen molar-refractivity contribution in [3.63, 3.8) is 0 Å². The minimum absolute atomic E-state index is 0.419. The van der Waals surface area contributed by atoms with Crippen molar-refractivity contribution in [2.75, 3.05) is 0 Å². The lowest BCUT2D eigenvalue weighted by molar-refractivity contribution is -0.106. The lowest BCUT2D eigenvalue weighted by Crippen LogP contribution is -2.55. The first-order chi connectivity index (χ1) is 26.7. The first-order valence-electron chi connectivity index (χ1n) is 25.5. The van der Waals surface area contributed by atoms with Gasteiger partial charge in [-0.25, -0.2) is 0 Å². The summed E-state index contributed by atoms with van der Waals surface area (Å²) in [6, 6.07) is 0. The summed E-state index contributed by atoms with van der Waals surface area (Å²) in [6.45, 7) is 26.0. The Labute approximate surface area is 346 Å². The molecule has 9 rings (SSSR count). The van der Waals surface area contributed by atoms with Gasteiger partial charge in [0.15, 0.2) is 0 Å². The summed E-state index contributed by atoms with van der Waals surface area (Å²) in [4.78, 5) is 11.6. The van der Waals surface area contributed by atoms with Crippen LogP contribution in [-0.4, -0.2) is 9.97 Å². The molecule has 1 aromatic rings. The maximum atomic E-state index is 5.78. The molecule has 1 heterocycles. The van der Waals surface area contributed by atoms with Crippen LogP contribution in [0.3, 0.4) is 0 Å². The predicted molar refractivity (Wildman–Crippen MR) is 235 cm³/mol. The van der Waals surface area contributed by atoms with Crippen LogP contribution < -0.4 is 0 Å². The summed E-state index contributed by atoms with van der Waals surface area (Å²) >= 11 is 0. The smallest absolute Gasteiger partial charge is 0.0628 e. The second-order valence-corrected chi connectivity index (χ2v) is 25.1. The number of rotatable bonds is 10. The third-order valence-corrected chi connectivity index (χ3v) is 21.7. The van der Waals surface area contributed by atoms with Crippen LogP contribution in [0.25, 0.3) is 0 Å². The Morgan fingerprint density at radius 2 is 0.839 bits per heavy atom. The Balaban J connectivity index is 0.893. The van der Waals surface area contributed by atoms with E-state index in [2.05, 4.69) is 69.2 Å². The third-order valence-electron chi connectivity index (χ3n) is 21.7. The zero-order valence-corrected chi connectivity index (χ0v) is 38.5. The molecule has 0 bridgehead atoms. The average molecular weight is 765 g/mol. The van der Waals surface area contributed by atoms with Gasteiger partial charge in [0.05, 0.1) is 22.8 Å². The van der Waals surface area contributed by atoms with Crippen LogP contribution in [0.1, 0.15) is 208 Å². The van der Waals surface area contributed by atoms with Crippen molar-refractivity contribution in [2.24, 2.45) is 105 Å². The van der Waals surface area contributed by atoms with E-state index in [1.807, 2.05) is 0 Å². The summed E-state index contributed by atoms with van der Waals surface area (Å²) in [5.74, 6) is 12.7. The standard InChI is InChI=1S/C54H88N2/c1-33(2)13-11-15-35(5)41-21-23-43-39-19-17-37-29-47-49(31-53(37,9)45(39)25-27-51(41,43)7)55-48-30-38-18-20-40-44-24-22-42(36(6)16-12-14-34(3)4)52(44,8)28-26-46(40)54(38,10)32-50(48)56-47/h33-46H,11-32H2,1-10H3/t35?,36?,37?,38?,39-,40-,41+,42+,43?,44?,45?,46?,51+,52+,53-,54-/m0/s1. The molecular weight excluding hydrogens is 677 g/mol. The van der Waals surface area contributed by atoms with E-state index >= 15 is 0 Å². The molecule has 0 saturated heterocycles. The normalized spacial score (nSPS) is 46.1. The summed E-state index contributed by atoms with van der Waals surface area (Å²) in [5.41, 5.74) is 7.79. The van der Waals surface area contributed by atoms with Crippen molar-refractivity contribution in [3.05, 3.63) is 22.8 Å². The molecule has 2 heteroatoms. The van der Waals surface area contributed by atoms with Crippen molar-refractivity contribution in [1.29, 1.82) is 0 Å². The van der Waals surface area contributed by atoms with E-state index in [1.165, 1.54) is 164 Å². The van der Waals surface area contributed by atoms with Gasteiger partial charge < -0.3 is 0 Å². The largest absolute Gasteiger partial charge is 0.254 e. The molecule has 0 spiro atoms. The lowest BCUT2D eigenvalue weighted by atomic mass is 9.44. The molecule has 0 N–H and O–H groups in total. The number of fused-ring (bicyclic) bond motifs is 12. The van der Waals surface area contributed by atoms with Crippen molar-refractivity contribution in [3.8, 4) is 0 Å². The number of aromatic nitrogens is 2. The molecule has 6 saturated carbocycles. The van der Waals surface area contributed by atoms with E-state index in [0.717, 1.165) is 82.9 Å². The summed E-state index contributed by atoms with van der Waals surface area (Å²) in [7, 11) is 0. The summed E-state index contributed by atoms with van der Waals surface area (Å²) < 4.78 is 0. The number of hydrogen-bond acceptors (Lipinski definition) is 2. The maximum Gasteiger partial charge on any atom is 0.0628 e. The Morgan fingerprint density at radius 1 is 0.446 bits per heavy atom. The molecule has 0 aliphatic heterocycles. The summed E-state index contributed by atoms with van der Waals surface area (Å²) in [5, 5.41) is 0. The first-order valence-corrected chi connectivity index (χ1v) is 25.5. The Morgan fingerprint density at radius 3 is 1.23 bits per heavy atom. The van der Waals surface area contributed by atoms with Gasteiger partial charge in [-0.05, 0) is 207 Å². The minimum Gasteiger partial charge on any atom is -0.254 e. The van der Waals surface area contributed by atoms with Gasteiger partial charge in [0.1, 0.15) is 0 Å². The minimum atomic E-state index is 0.419. The predicted octanol–water partition coefficient (Wildman–Crippen LogP) is 14.5. The van der Waals surface area contributed by atoms with Gasteiger partial charge in [0.2, 0.25) is 0 Å². The van der Waals surface area contributed by atoms with Gasteiger partial charge in [-0.1, -0.05) is 108 Å². The number of hydrogen-bond donors (Lipinski definition) is 0. The molecule has 314 valence electrons. The highest BCUT2D eigenvalue weighted by molar-refractivity contribution is 5.31. The SMILES string of the molecule is CC(C)CCCC(C)[C@H]1CCC2[C@@H]3CCC4Cc5nc6c(nc5C[C@]4(C)C3CC[C@@]21C)CC1CC[C@@H]2C(CC[C@@]3(C)C2CC[C@@H]3C(C)CCCC(C)C)[C@@]1(C)C6. The number of nitrogens with zero attached hydrogens (tertiary/aromatic N) is 2. The zero-order chi connectivity index (χ0) is 39.4. The Kier molecular flexibility index (Phi) is 10.8. The van der Waals surface area contributed by atoms with Gasteiger partial charge in [0, 0.05) is 0 Å². The lowest BCUT2D eigenvalue weighted by Gasteiger charge is -2.61. The fraction of sp³-hybridized carbons (Fsp3) is 0.926.